The van der Waals surface area contributed by atoms with E-state index in [9.17, 15) is 4.79 Å². The van der Waals surface area contributed by atoms with Gasteiger partial charge < -0.3 is 18.8 Å². The smallest absolute Gasteiger partial charge is 0.356 e. The van der Waals surface area contributed by atoms with Crippen LogP contribution in [0.2, 0.25) is 18.1 Å². The highest BCUT2D eigenvalue weighted by Crippen LogP contribution is 2.51. The van der Waals surface area contributed by atoms with Gasteiger partial charge in [-0.3, -0.25) is 19.0 Å². The molecule has 1 aromatic heterocycles. The number of halogens is 1. The molecule has 1 fully saturated rings. The summed E-state index contributed by atoms with van der Waals surface area (Å²) in [5, 5.41) is 2.17. The van der Waals surface area contributed by atoms with Crippen LogP contribution in [0.3, 0.4) is 0 Å². The number of benzene rings is 4. The van der Waals surface area contributed by atoms with Crippen LogP contribution in [-0.2, 0) is 30.2 Å². The van der Waals surface area contributed by atoms with Crippen molar-refractivity contribution in [1.82, 2.24) is 9.88 Å². The molecule has 314 valence electrons. The molecule has 0 N–H and O–H groups in total. The number of rotatable bonds is 17. The first-order valence-corrected chi connectivity index (χ1v) is 25.8. The molecule has 4 aromatic carbocycles. The summed E-state index contributed by atoms with van der Waals surface area (Å²) in [5.41, 5.74) is 0.788. The fourth-order valence-corrected chi connectivity index (χ4v) is 14.2. The van der Waals surface area contributed by atoms with Gasteiger partial charge in [0.25, 0.3) is 0 Å². The molecule has 1 amide bonds. The van der Waals surface area contributed by atoms with Crippen LogP contribution in [0.1, 0.15) is 33.3 Å². The molecule has 4 atom stereocenters. The highest BCUT2D eigenvalue weighted by atomic mass is 32.2. The Balaban J connectivity index is 1.62. The first-order valence-electron chi connectivity index (χ1n) is 20.1. The van der Waals surface area contributed by atoms with Gasteiger partial charge in [0.2, 0.25) is 5.91 Å². The van der Waals surface area contributed by atoms with Gasteiger partial charge in [-0.15, -0.1) is 11.8 Å². The minimum Gasteiger partial charge on any atom is -0.497 e. The summed E-state index contributed by atoms with van der Waals surface area (Å²) in [6.07, 6.45) is 2.59. The van der Waals surface area contributed by atoms with E-state index >= 15 is 14.0 Å². The number of hydrogen-bond acceptors (Lipinski definition) is 8. The van der Waals surface area contributed by atoms with Crippen LogP contribution < -0.4 is 20.7 Å². The Morgan fingerprint density at radius 2 is 1.35 bits per heavy atom. The minimum absolute atomic E-state index is 0.0467. The predicted molar refractivity (Wildman–Crippen MR) is 244 cm³/mol. The topological polar surface area (TPSA) is 95.0 Å². The molecular formula is C48H54FN2O6PSSi. The fraction of sp³-hybridized carbons (Fsp3) is 0.312. The zero-order valence-corrected chi connectivity index (χ0v) is 38.0. The van der Waals surface area contributed by atoms with Crippen molar-refractivity contribution in [2.75, 3.05) is 19.5 Å². The van der Waals surface area contributed by atoms with E-state index in [2.05, 4.69) is 38.8 Å². The maximum Gasteiger partial charge on any atom is 0.356 e. The Hall–Kier alpha value is -4.80. The Kier molecular flexibility index (Phi) is 14.4. The van der Waals surface area contributed by atoms with E-state index in [4.69, 9.17) is 13.9 Å². The van der Waals surface area contributed by atoms with E-state index in [1.54, 1.807) is 43.8 Å². The zero-order chi connectivity index (χ0) is 43.1. The summed E-state index contributed by atoms with van der Waals surface area (Å²) in [5.74, 6) is -3.12. The molecule has 0 spiro atoms. The highest BCUT2D eigenvalue weighted by molar-refractivity contribution is 8.00. The molecule has 12 heteroatoms. The summed E-state index contributed by atoms with van der Waals surface area (Å²) in [4.78, 5) is 51.7. The minimum atomic E-state index is -3.37. The number of likely N-dealkylation sites (tertiary alicyclic amines) is 1. The highest BCUT2D eigenvalue weighted by Gasteiger charge is 2.60. The van der Waals surface area contributed by atoms with Crippen molar-refractivity contribution in [3.8, 4) is 5.75 Å². The largest absolute Gasteiger partial charge is 0.497 e. The number of esters is 1. The number of carbonyl (C=O) groups is 3. The van der Waals surface area contributed by atoms with Crippen molar-refractivity contribution in [2.45, 2.75) is 69.5 Å². The van der Waals surface area contributed by atoms with Crippen molar-refractivity contribution in [3.05, 3.63) is 145 Å². The first-order chi connectivity index (χ1) is 28.7. The quantitative estimate of drug-likeness (QED) is 0.0303. The Bertz CT molecular complexity index is 2190. The summed E-state index contributed by atoms with van der Waals surface area (Å²) >= 11 is 1.28. The Morgan fingerprint density at radius 3 is 1.82 bits per heavy atom. The van der Waals surface area contributed by atoms with Crippen molar-refractivity contribution in [2.24, 2.45) is 11.8 Å². The van der Waals surface area contributed by atoms with Crippen LogP contribution in [-0.4, -0.2) is 73.0 Å². The molecule has 0 saturated carbocycles. The SMILES string of the molecule is COc1ccc(COC(=O)C(N2C(=O)[C@H]([C@@H](C)O[Si](C)(C)C(C)(C)C)[C@H]2[C@@H](CF)C(=O)CSc2ccncc2)=P(c2ccccc2)(c2ccccc2)c2ccccc2)cc1. The van der Waals surface area contributed by atoms with Crippen LogP contribution in [0.4, 0.5) is 4.39 Å². The molecule has 1 aliphatic rings. The maximum atomic E-state index is 16.0. The Labute approximate surface area is 359 Å². The van der Waals surface area contributed by atoms with Crippen LogP contribution >= 0.6 is 18.6 Å². The van der Waals surface area contributed by atoms with Crippen molar-refractivity contribution >= 4 is 66.0 Å². The van der Waals surface area contributed by atoms with Gasteiger partial charge in [-0.25, -0.2) is 4.79 Å². The number of alkyl halides is 1. The van der Waals surface area contributed by atoms with Crippen molar-refractivity contribution in [3.63, 3.8) is 0 Å². The molecule has 1 aliphatic heterocycles. The zero-order valence-electron chi connectivity index (χ0n) is 35.3. The van der Waals surface area contributed by atoms with E-state index < -0.39 is 57.7 Å². The van der Waals surface area contributed by atoms with Crippen molar-refractivity contribution < 1.29 is 32.7 Å². The molecule has 2 heterocycles. The van der Waals surface area contributed by atoms with Gasteiger partial charge in [0, 0.05) is 24.2 Å². The van der Waals surface area contributed by atoms with Gasteiger partial charge in [0.05, 0.1) is 36.8 Å². The third kappa shape index (κ3) is 9.25. The summed E-state index contributed by atoms with van der Waals surface area (Å²) in [6.45, 7) is 7.87. The van der Waals surface area contributed by atoms with Crippen LogP contribution in [0.15, 0.2) is 145 Å². The molecule has 60 heavy (non-hydrogen) atoms. The number of Topliss-reactive ketones (excluding diaryl/α,β-unsaturated/α-hetero) is 1. The number of β-lactam (4-membered cyclic amide) rings is 1. The van der Waals surface area contributed by atoms with Gasteiger partial charge in [-0.1, -0.05) is 124 Å². The fourth-order valence-electron chi connectivity index (χ4n) is 7.57. The molecule has 5 aromatic rings. The van der Waals surface area contributed by atoms with E-state index in [1.807, 2.05) is 110 Å². The number of ether oxygens (including phenoxy) is 2. The van der Waals surface area contributed by atoms with Gasteiger partial charge in [-0.05, 0) is 70.8 Å². The van der Waals surface area contributed by atoms with E-state index in [-0.39, 0.29) is 28.6 Å². The first kappa shape index (κ1) is 44.7. The van der Waals surface area contributed by atoms with Crippen molar-refractivity contribution in [1.29, 1.82) is 0 Å². The summed E-state index contributed by atoms with van der Waals surface area (Å²) in [6, 6.07) is 38.7. The average Bonchev–Trinajstić information content (AvgIpc) is 3.25. The number of amides is 1. The number of thioether (sulfide) groups is 1. The lowest BCUT2D eigenvalue weighted by molar-refractivity contribution is -0.162. The molecule has 0 radical (unpaired) electrons. The standard InChI is InChI=1S/C48H54FN2O6PSSi/c1-34(57-60(6,7)48(2,3)4)43-44(41(31-49)42(52)33-59-40-27-29-50-30-28-40)51(45(43)53)46(47(54)56-32-35-23-25-36(55-5)26-24-35)58(37-17-11-8-12-18-37,38-19-13-9-14-20-38)39-21-15-10-16-22-39/h8-30,34,41,43-44H,31-33H2,1-7H3/t34-,41+,43-,44-/m1/s1. The summed E-state index contributed by atoms with van der Waals surface area (Å²) in [7, 11) is -0.907. The number of aromatic nitrogens is 1. The average molecular weight is 865 g/mol. The van der Waals surface area contributed by atoms with Crippen LogP contribution in [0, 0.1) is 11.8 Å². The number of hydrogen-bond donors (Lipinski definition) is 0. The molecule has 1 saturated heterocycles. The maximum absolute atomic E-state index is 16.0. The van der Waals surface area contributed by atoms with E-state index in [0.29, 0.717) is 11.3 Å². The second-order valence-corrected chi connectivity index (χ2v) is 25.6. The Morgan fingerprint density at radius 1 is 0.833 bits per heavy atom. The monoisotopic (exact) mass is 864 g/mol. The number of pyridine rings is 1. The lowest BCUT2D eigenvalue weighted by Gasteiger charge is -2.54. The van der Waals surface area contributed by atoms with E-state index in [1.165, 1.54) is 16.7 Å². The molecule has 0 bridgehead atoms. The van der Waals surface area contributed by atoms with Crippen LogP contribution in [0.25, 0.3) is 0 Å². The number of methoxy groups -OCH3 is 1. The second kappa shape index (κ2) is 19.3. The number of nitrogens with zero attached hydrogens (tertiary/aromatic N) is 2. The summed E-state index contributed by atoms with van der Waals surface area (Å²) < 4.78 is 34.5. The molecule has 0 aliphatic carbocycles. The van der Waals surface area contributed by atoms with Gasteiger partial charge >= 0.3 is 5.97 Å². The van der Waals surface area contributed by atoms with Crippen LogP contribution in [0.5, 0.6) is 5.75 Å². The van der Waals surface area contributed by atoms with Gasteiger partial charge in [-0.2, -0.15) is 0 Å². The third-order valence-corrected chi connectivity index (χ3v) is 21.6. The molecule has 0 unspecified atom stereocenters. The van der Waals surface area contributed by atoms with E-state index in [0.717, 1.165) is 20.8 Å². The van der Waals surface area contributed by atoms with Gasteiger partial charge in [0.1, 0.15) is 24.4 Å². The lowest BCUT2D eigenvalue weighted by Crippen LogP contribution is -2.72. The number of carbonyl (C=O) groups excluding carboxylic acids is 3. The number of ketones is 1. The predicted octanol–water partition coefficient (Wildman–Crippen LogP) is 8.44. The normalized spacial score (nSPS) is 16.7. The molecule has 8 nitrogen and oxygen atoms in total. The molecule has 6 rings (SSSR count). The lowest BCUT2D eigenvalue weighted by atomic mass is 9.75. The third-order valence-electron chi connectivity index (χ3n) is 11.7. The van der Waals surface area contributed by atoms with Gasteiger partial charge in [0.15, 0.2) is 14.1 Å². The second-order valence-electron chi connectivity index (χ2n) is 16.4. The molecular weight excluding hydrogens is 811 g/mol.